The fourth-order valence-electron chi connectivity index (χ4n) is 3.79. The molecule has 222 valence electrons. The summed E-state index contributed by atoms with van der Waals surface area (Å²) in [7, 11) is 3.82. The summed E-state index contributed by atoms with van der Waals surface area (Å²) in [6.07, 6.45) is 2.81. The minimum absolute atomic E-state index is 0.0485. The van der Waals surface area contributed by atoms with Gasteiger partial charge in [0.2, 0.25) is 0 Å². The van der Waals surface area contributed by atoms with Crippen molar-refractivity contribution in [1.82, 2.24) is 10.7 Å². The highest BCUT2D eigenvalue weighted by Gasteiger charge is 2.16. The Morgan fingerprint density at radius 2 is 1.59 bits per heavy atom. The second kappa shape index (κ2) is 14.5. The molecule has 0 saturated carbocycles. The Bertz CT molecular complexity index is 1740. The largest absolute Gasteiger partial charge is 0.422 e. The van der Waals surface area contributed by atoms with E-state index < -0.39 is 22.7 Å². The summed E-state index contributed by atoms with van der Waals surface area (Å²) < 4.78 is 6.14. The summed E-state index contributed by atoms with van der Waals surface area (Å²) in [5.74, 6) is -1.78. The number of hydrazone groups is 1. The Balaban J connectivity index is 1.53. The maximum atomic E-state index is 13.2. The first-order valence-electron chi connectivity index (χ1n) is 13.1. The van der Waals surface area contributed by atoms with Crippen molar-refractivity contribution in [1.29, 1.82) is 0 Å². The predicted molar refractivity (Wildman–Crippen MR) is 171 cm³/mol. The minimum atomic E-state index is -0.741. The van der Waals surface area contributed by atoms with Gasteiger partial charge < -0.3 is 15.0 Å². The molecule has 0 bridgehead atoms. The third-order valence-corrected chi connectivity index (χ3v) is 6.60. The van der Waals surface area contributed by atoms with E-state index in [1.165, 1.54) is 42.6 Å². The molecule has 0 saturated heterocycles. The third-order valence-electron chi connectivity index (χ3n) is 6.11. The number of benzene rings is 4. The number of rotatable bonds is 10. The normalized spacial score (nSPS) is 11.1. The molecule has 2 N–H and O–H groups in total. The Morgan fingerprint density at radius 3 is 2.23 bits per heavy atom. The minimum Gasteiger partial charge on any atom is -0.422 e. The molecule has 0 radical (unpaired) electrons. The van der Waals surface area contributed by atoms with E-state index in [0.29, 0.717) is 21.2 Å². The molecule has 0 aliphatic rings. The van der Waals surface area contributed by atoms with E-state index >= 15 is 0 Å². The second-order valence-electron chi connectivity index (χ2n) is 9.44. The van der Waals surface area contributed by atoms with Crippen molar-refractivity contribution in [2.24, 2.45) is 5.10 Å². The highest BCUT2D eigenvalue weighted by molar-refractivity contribution is 9.10. The van der Waals surface area contributed by atoms with Crippen molar-refractivity contribution in [2.45, 2.75) is 0 Å². The molecule has 4 rings (SSSR count). The standard InChI is InChI=1S/C32H26BrN5O6/c1-37(2)26-13-8-21(9-14-26)18-28(35-30(39)22-6-4-3-5-7-22)31(40)36-34-20-24-19-25(33)12-17-29(24)44-32(41)23-10-15-27(16-11-23)38(42)43/h3-20H,1-2H3,(H,35,39)(H,36,40). The summed E-state index contributed by atoms with van der Waals surface area (Å²) in [5, 5.41) is 17.6. The van der Waals surface area contributed by atoms with Crippen LogP contribution in [0.3, 0.4) is 0 Å². The van der Waals surface area contributed by atoms with Gasteiger partial charge in [0, 0.05) is 47.5 Å². The summed E-state index contributed by atoms with van der Waals surface area (Å²) in [4.78, 5) is 51.0. The van der Waals surface area contributed by atoms with Gasteiger partial charge in [0.05, 0.1) is 16.7 Å². The molecule has 0 aliphatic heterocycles. The van der Waals surface area contributed by atoms with Crippen molar-refractivity contribution in [3.8, 4) is 5.75 Å². The van der Waals surface area contributed by atoms with Gasteiger partial charge in [-0.3, -0.25) is 19.7 Å². The Morgan fingerprint density at radius 1 is 0.909 bits per heavy atom. The predicted octanol–water partition coefficient (Wildman–Crippen LogP) is 5.56. The molecule has 44 heavy (non-hydrogen) atoms. The number of amides is 2. The van der Waals surface area contributed by atoms with Crippen molar-refractivity contribution in [3.63, 3.8) is 0 Å². The lowest BCUT2D eigenvalue weighted by Gasteiger charge is -2.13. The van der Waals surface area contributed by atoms with Crippen LogP contribution in [0.2, 0.25) is 0 Å². The maximum absolute atomic E-state index is 13.2. The average molecular weight is 656 g/mol. The van der Waals surface area contributed by atoms with Gasteiger partial charge in [-0.15, -0.1) is 0 Å². The zero-order valence-corrected chi connectivity index (χ0v) is 25.1. The van der Waals surface area contributed by atoms with Gasteiger partial charge in [-0.25, -0.2) is 10.2 Å². The van der Waals surface area contributed by atoms with Crippen molar-refractivity contribution < 1.29 is 24.0 Å². The lowest BCUT2D eigenvalue weighted by molar-refractivity contribution is -0.384. The number of nitro groups is 1. The molecule has 12 heteroatoms. The van der Waals surface area contributed by atoms with E-state index in [2.05, 4.69) is 31.8 Å². The zero-order chi connectivity index (χ0) is 31.6. The summed E-state index contributed by atoms with van der Waals surface area (Å²) in [6, 6.07) is 25.6. The molecule has 4 aromatic rings. The van der Waals surface area contributed by atoms with Crippen LogP contribution >= 0.6 is 15.9 Å². The van der Waals surface area contributed by atoms with Crippen LogP contribution in [0.25, 0.3) is 6.08 Å². The molecule has 0 aromatic heterocycles. The molecule has 0 spiro atoms. The monoisotopic (exact) mass is 655 g/mol. The molecule has 0 atom stereocenters. The lowest BCUT2D eigenvalue weighted by Crippen LogP contribution is -2.32. The van der Waals surface area contributed by atoms with Gasteiger partial charge >= 0.3 is 5.97 Å². The molecular weight excluding hydrogens is 630 g/mol. The first-order chi connectivity index (χ1) is 21.1. The number of nitro benzene ring substituents is 1. The topological polar surface area (TPSA) is 143 Å². The number of hydrogen-bond acceptors (Lipinski definition) is 8. The molecule has 11 nitrogen and oxygen atoms in total. The molecule has 2 amide bonds. The molecule has 0 unspecified atom stereocenters. The SMILES string of the molecule is CN(C)c1ccc(C=C(NC(=O)c2ccccc2)C(=O)NN=Cc2cc(Br)ccc2OC(=O)c2ccc([N+](=O)[O-])cc2)cc1. The third kappa shape index (κ3) is 8.46. The van der Waals surface area contributed by atoms with E-state index in [9.17, 15) is 24.5 Å². The number of esters is 1. The number of ether oxygens (including phenoxy) is 1. The van der Waals surface area contributed by atoms with Gasteiger partial charge in [0.25, 0.3) is 17.5 Å². The van der Waals surface area contributed by atoms with Gasteiger partial charge in [-0.05, 0) is 66.2 Å². The van der Waals surface area contributed by atoms with E-state index in [1.807, 2.05) is 43.3 Å². The fourth-order valence-corrected chi connectivity index (χ4v) is 4.17. The smallest absolute Gasteiger partial charge is 0.343 e. The van der Waals surface area contributed by atoms with Crippen LogP contribution in [0.4, 0.5) is 11.4 Å². The van der Waals surface area contributed by atoms with Gasteiger partial charge in [-0.2, -0.15) is 5.10 Å². The summed E-state index contributed by atoms with van der Waals surface area (Å²) in [6.45, 7) is 0. The molecule has 0 aliphatic carbocycles. The first-order valence-corrected chi connectivity index (χ1v) is 13.8. The number of carbonyl (C=O) groups excluding carboxylic acids is 3. The molecule has 4 aromatic carbocycles. The number of nitrogens with one attached hydrogen (secondary N) is 2. The second-order valence-corrected chi connectivity index (χ2v) is 10.4. The number of halogens is 1. The van der Waals surface area contributed by atoms with Crippen molar-refractivity contribution >= 4 is 57.4 Å². The average Bonchev–Trinajstić information content (AvgIpc) is 3.02. The summed E-state index contributed by atoms with van der Waals surface area (Å²) >= 11 is 3.36. The van der Waals surface area contributed by atoms with Crippen LogP contribution in [0.15, 0.2) is 112 Å². The number of carbonyl (C=O) groups is 3. The van der Waals surface area contributed by atoms with Crippen molar-refractivity contribution in [2.75, 3.05) is 19.0 Å². The van der Waals surface area contributed by atoms with Crippen molar-refractivity contribution in [3.05, 3.63) is 140 Å². The molecule has 0 heterocycles. The quantitative estimate of drug-likeness (QED) is 0.0568. The van der Waals surface area contributed by atoms with Gasteiger partial charge in [0.1, 0.15) is 11.4 Å². The Labute approximate surface area is 261 Å². The van der Waals surface area contributed by atoms with Crippen LogP contribution in [0.1, 0.15) is 31.8 Å². The first kappa shape index (κ1) is 31.3. The van der Waals surface area contributed by atoms with E-state index in [1.54, 1.807) is 42.5 Å². The van der Waals surface area contributed by atoms with Crippen LogP contribution in [-0.2, 0) is 4.79 Å². The van der Waals surface area contributed by atoms with Gasteiger partial charge in [0.15, 0.2) is 0 Å². The highest BCUT2D eigenvalue weighted by atomic mass is 79.9. The maximum Gasteiger partial charge on any atom is 0.343 e. The zero-order valence-electron chi connectivity index (χ0n) is 23.6. The van der Waals surface area contributed by atoms with E-state index in [-0.39, 0.29) is 22.7 Å². The van der Waals surface area contributed by atoms with Crippen LogP contribution < -0.4 is 20.4 Å². The van der Waals surface area contributed by atoms with Crippen LogP contribution in [0, 0.1) is 10.1 Å². The van der Waals surface area contributed by atoms with Gasteiger partial charge in [-0.1, -0.05) is 46.3 Å². The Kier molecular flexibility index (Phi) is 10.3. The summed E-state index contributed by atoms with van der Waals surface area (Å²) in [5.41, 5.74) is 4.65. The number of nitrogens with zero attached hydrogens (tertiary/aromatic N) is 3. The number of non-ortho nitro benzene ring substituents is 1. The molecule has 0 fully saturated rings. The highest BCUT2D eigenvalue weighted by Crippen LogP contribution is 2.23. The lowest BCUT2D eigenvalue weighted by atomic mass is 10.1. The number of hydrogen-bond donors (Lipinski definition) is 2. The Hall–Kier alpha value is -5.62. The van der Waals surface area contributed by atoms with Crippen LogP contribution in [0.5, 0.6) is 5.75 Å². The fraction of sp³-hybridized carbons (Fsp3) is 0.0625. The van der Waals surface area contributed by atoms with Crippen LogP contribution in [-0.4, -0.2) is 43.0 Å². The molecular formula is C32H26BrN5O6. The van der Waals surface area contributed by atoms with E-state index in [0.717, 1.165) is 5.69 Å². The van der Waals surface area contributed by atoms with E-state index in [4.69, 9.17) is 4.74 Å². The number of anilines is 1.